The molecule has 0 saturated heterocycles. The molecule has 1 heterocycles. The van der Waals surface area contributed by atoms with E-state index in [1.807, 2.05) is 12.1 Å². The van der Waals surface area contributed by atoms with Crippen molar-refractivity contribution in [3.05, 3.63) is 41.9 Å². The highest BCUT2D eigenvalue weighted by Crippen LogP contribution is 2.18. The summed E-state index contributed by atoms with van der Waals surface area (Å²) in [7, 11) is 0. The van der Waals surface area contributed by atoms with Gasteiger partial charge < -0.3 is 15.8 Å². The van der Waals surface area contributed by atoms with Gasteiger partial charge in [-0.1, -0.05) is 31.2 Å². The lowest BCUT2D eigenvalue weighted by molar-refractivity contribution is -0.138. The van der Waals surface area contributed by atoms with Crippen LogP contribution in [-0.2, 0) is 17.6 Å². The maximum atomic E-state index is 10.7. The fourth-order valence-corrected chi connectivity index (χ4v) is 1.83. The maximum Gasteiger partial charge on any atom is 0.320 e. The number of aromatic amines is 1. The van der Waals surface area contributed by atoms with Gasteiger partial charge in [0.2, 0.25) is 0 Å². The smallest absolute Gasteiger partial charge is 0.320 e. The second-order valence-corrected chi connectivity index (χ2v) is 4.44. The van der Waals surface area contributed by atoms with Crippen LogP contribution in [0.4, 0.5) is 0 Å². The molecule has 100 valence electrons. The van der Waals surface area contributed by atoms with Gasteiger partial charge in [-0.25, -0.2) is 4.98 Å². The van der Waals surface area contributed by atoms with Crippen LogP contribution >= 0.6 is 0 Å². The lowest BCUT2D eigenvalue weighted by Crippen LogP contribution is -2.32. The minimum absolute atomic E-state index is 0.197. The average Bonchev–Trinajstić information content (AvgIpc) is 2.87. The summed E-state index contributed by atoms with van der Waals surface area (Å²) < 4.78 is 0. The van der Waals surface area contributed by atoms with E-state index in [0.29, 0.717) is 5.82 Å². The number of imidazole rings is 1. The first kappa shape index (κ1) is 13.3. The fraction of sp³-hybridized carbons (Fsp3) is 0.286. The Morgan fingerprint density at radius 2 is 2.11 bits per heavy atom. The standard InChI is InChI=1S/C14H17N3O2/c1-2-9-3-5-10(6-4-9)12-8-16-13(17-12)7-11(15)14(18)19/h3-6,8,11H,2,7,15H2,1H3,(H,16,17)(H,18,19). The summed E-state index contributed by atoms with van der Waals surface area (Å²) in [5, 5.41) is 8.76. The second-order valence-electron chi connectivity index (χ2n) is 4.44. The number of hydrogen-bond acceptors (Lipinski definition) is 3. The number of H-pyrrole nitrogens is 1. The minimum atomic E-state index is -1.02. The van der Waals surface area contributed by atoms with Crippen LogP contribution in [0, 0.1) is 0 Å². The minimum Gasteiger partial charge on any atom is -0.480 e. The van der Waals surface area contributed by atoms with Gasteiger partial charge >= 0.3 is 5.97 Å². The number of hydrogen-bond donors (Lipinski definition) is 3. The number of aliphatic carboxylic acids is 1. The van der Waals surface area contributed by atoms with Crippen LogP contribution in [0.2, 0.25) is 0 Å². The van der Waals surface area contributed by atoms with E-state index in [2.05, 4.69) is 29.0 Å². The number of nitrogens with two attached hydrogens (primary N) is 1. The molecule has 2 aromatic rings. The molecule has 1 unspecified atom stereocenters. The third-order valence-electron chi connectivity index (χ3n) is 3.03. The Balaban J connectivity index is 2.13. The zero-order valence-corrected chi connectivity index (χ0v) is 10.8. The summed E-state index contributed by atoms with van der Waals surface area (Å²) in [4.78, 5) is 17.9. The van der Waals surface area contributed by atoms with Gasteiger partial charge in [0.05, 0.1) is 11.9 Å². The highest BCUT2D eigenvalue weighted by molar-refractivity contribution is 5.73. The molecule has 0 bridgehead atoms. The van der Waals surface area contributed by atoms with Crippen molar-refractivity contribution in [1.29, 1.82) is 0 Å². The van der Waals surface area contributed by atoms with Gasteiger partial charge in [-0.05, 0) is 17.5 Å². The number of aromatic nitrogens is 2. The van der Waals surface area contributed by atoms with Crippen molar-refractivity contribution in [2.45, 2.75) is 25.8 Å². The van der Waals surface area contributed by atoms with Crippen LogP contribution < -0.4 is 5.73 Å². The van der Waals surface area contributed by atoms with E-state index in [0.717, 1.165) is 17.7 Å². The first-order chi connectivity index (χ1) is 9.10. The van der Waals surface area contributed by atoms with Crippen LogP contribution in [0.25, 0.3) is 11.3 Å². The van der Waals surface area contributed by atoms with Crippen molar-refractivity contribution in [3.63, 3.8) is 0 Å². The summed E-state index contributed by atoms with van der Waals surface area (Å²) in [5.41, 5.74) is 8.65. The number of carboxylic acids is 1. The SMILES string of the molecule is CCc1ccc(-c2cnc(CC(N)C(=O)O)[nH]2)cc1. The predicted octanol–water partition coefficient (Wildman–Crippen LogP) is 1.59. The predicted molar refractivity (Wildman–Crippen MR) is 72.7 cm³/mol. The summed E-state index contributed by atoms with van der Waals surface area (Å²) in [6.07, 6.45) is 2.90. The third kappa shape index (κ3) is 3.20. The Kier molecular flexibility index (Phi) is 3.97. The highest BCUT2D eigenvalue weighted by Gasteiger charge is 2.14. The zero-order chi connectivity index (χ0) is 13.8. The van der Waals surface area contributed by atoms with Gasteiger partial charge in [0.15, 0.2) is 0 Å². The van der Waals surface area contributed by atoms with Crippen molar-refractivity contribution in [1.82, 2.24) is 9.97 Å². The van der Waals surface area contributed by atoms with Gasteiger partial charge in [-0.15, -0.1) is 0 Å². The number of aryl methyl sites for hydroxylation is 1. The molecule has 0 spiro atoms. The molecule has 5 heteroatoms. The molecule has 1 aromatic carbocycles. The van der Waals surface area contributed by atoms with Crippen LogP contribution in [0.5, 0.6) is 0 Å². The first-order valence-electron chi connectivity index (χ1n) is 6.21. The Morgan fingerprint density at radius 3 is 2.68 bits per heavy atom. The maximum absolute atomic E-state index is 10.7. The van der Waals surface area contributed by atoms with Crippen molar-refractivity contribution in [2.75, 3.05) is 0 Å². The Labute approximate surface area is 111 Å². The Morgan fingerprint density at radius 1 is 1.42 bits per heavy atom. The van der Waals surface area contributed by atoms with Crippen molar-refractivity contribution >= 4 is 5.97 Å². The number of nitrogens with one attached hydrogen (secondary N) is 1. The molecule has 0 aliphatic heterocycles. The number of carboxylic acid groups (broad SMARTS) is 1. The molecule has 0 aliphatic carbocycles. The normalized spacial score (nSPS) is 12.3. The van der Waals surface area contributed by atoms with Crippen molar-refractivity contribution < 1.29 is 9.90 Å². The van der Waals surface area contributed by atoms with Gasteiger partial charge in [-0.3, -0.25) is 4.79 Å². The average molecular weight is 259 g/mol. The molecular weight excluding hydrogens is 242 g/mol. The molecule has 1 aromatic heterocycles. The number of rotatable bonds is 5. The van der Waals surface area contributed by atoms with Gasteiger partial charge in [-0.2, -0.15) is 0 Å². The third-order valence-corrected chi connectivity index (χ3v) is 3.03. The Bertz CT molecular complexity index is 560. The molecule has 0 aliphatic rings. The molecular formula is C14H17N3O2. The van der Waals surface area contributed by atoms with Gasteiger partial charge in [0.25, 0.3) is 0 Å². The van der Waals surface area contributed by atoms with E-state index in [9.17, 15) is 4.79 Å². The largest absolute Gasteiger partial charge is 0.480 e. The number of carbonyl (C=O) groups is 1. The molecule has 1 atom stereocenters. The summed E-state index contributed by atoms with van der Waals surface area (Å²) >= 11 is 0. The summed E-state index contributed by atoms with van der Waals surface area (Å²) in [5.74, 6) is -0.435. The monoisotopic (exact) mass is 259 g/mol. The molecule has 5 nitrogen and oxygen atoms in total. The van der Waals surface area contributed by atoms with E-state index in [1.54, 1.807) is 6.20 Å². The molecule has 0 saturated carbocycles. The molecule has 0 radical (unpaired) electrons. The van der Waals surface area contributed by atoms with E-state index in [-0.39, 0.29) is 6.42 Å². The quantitative estimate of drug-likeness (QED) is 0.760. The van der Waals surface area contributed by atoms with E-state index in [4.69, 9.17) is 10.8 Å². The number of nitrogens with zero attached hydrogens (tertiary/aromatic N) is 1. The second kappa shape index (κ2) is 5.67. The molecule has 4 N–H and O–H groups in total. The molecule has 0 fully saturated rings. The van der Waals surface area contributed by atoms with Crippen molar-refractivity contribution in [3.8, 4) is 11.3 Å². The number of benzene rings is 1. The lowest BCUT2D eigenvalue weighted by Gasteiger charge is -2.03. The first-order valence-corrected chi connectivity index (χ1v) is 6.21. The highest BCUT2D eigenvalue weighted by atomic mass is 16.4. The van der Waals surface area contributed by atoms with Crippen LogP contribution in [0.1, 0.15) is 18.3 Å². The van der Waals surface area contributed by atoms with Crippen molar-refractivity contribution in [2.24, 2.45) is 5.73 Å². The zero-order valence-electron chi connectivity index (χ0n) is 10.8. The topological polar surface area (TPSA) is 92.0 Å². The summed E-state index contributed by atoms with van der Waals surface area (Å²) in [6.45, 7) is 2.11. The van der Waals surface area contributed by atoms with E-state index < -0.39 is 12.0 Å². The molecule has 19 heavy (non-hydrogen) atoms. The van der Waals surface area contributed by atoms with Gasteiger partial charge in [0, 0.05) is 6.42 Å². The van der Waals surface area contributed by atoms with Crippen LogP contribution in [-0.4, -0.2) is 27.1 Å². The van der Waals surface area contributed by atoms with Crippen LogP contribution in [0.15, 0.2) is 30.5 Å². The fourth-order valence-electron chi connectivity index (χ4n) is 1.83. The lowest BCUT2D eigenvalue weighted by atomic mass is 10.1. The molecule has 2 rings (SSSR count). The Hall–Kier alpha value is -2.14. The van der Waals surface area contributed by atoms with E-state index in [1.165, 1.54) is 5.56 Å². The van der Waals surface area contributed by atoms with Crippen LogP contribution in [0.3, 0.4) is 0 Å². The van der Waals surface area contributed by atoms with Gasteiger partial charge in [0.1, 0.15) is 11.9 Å². The van der Waals surface area contributed by atoms with E-state index >= 15 is 0 Å². The summed E-state index contributed by atoms with van der Waals surface area (Å²) in [6, 6.07) is 7.25. The molecule has 0 amide bonds.